The Morgan fingerprint density at radius 2 is 1.77 bits per heavy atom. The topological polar surface area (TPSA) is 127 Å². The summed E-state index contributed by atoms with van der Waals surface area (Å²) in [6.07, 6.45) is -2.39. The third kappa shape index (κ3) is 3.90. The highest BCUT2D eigenvalue weighted by molar-refractivity contribution is 5.97. The van der Waals surface area contributed by atoms with Crippen molar-refractivity contribution in [3.63, 3.8) is 0 Å². The number of hydrogen-bond donors (Lipinski definition) is 2. The minimum atomic E-state index is -1.64. The van der Waals surface area contributed by atoms with Crippen LogP contribution in [0.5, 0.6) is 11.5 Å². The number of aliphatic hydroxyl groups is 1. The van der Waals surface area contributed by atoms with Gasteiger partial charge in [-0.05, 0) is 17.7 Å². The standard InChI is InChI=1S/C17H23NO8/c1-17(2,12(19)8-18)9-5-6-10-11(7-9)25-16(24-10)26-13(14(20)22-3)15(21)23-4/h5-7,12-13,16,19H,8,18H2,1-4H3. The van der Waals surface area contributed by atoms with E-state index in [1.807, 2.05) is 13.8 Å². The molecule has 144 valence electrons. The van der Waals surface area contributed by atoms with Crippen LogP contribution in [0.3, 0.4) is 0 Å². The molecular formula is C17H23NO8. The number of hydrogen-bond acceptors (Lipinski definition) is 9. The Balaban J connectivity index is 2.16. The first-order chi connectivity index (χ1) is 12.2. The zero-order valence-corrected chi connectivity index (χ0v) is 15.1. The monoisotopic (exact) mass is 369 g/mol. The summed E-state index contributed by atoms with van der Waals surface area (Å²) < 4.78 is 25.2. The fraction of sp³-hybridized carbons (Fsp3) is 0.529. The van der Waals surface area contributed by atoms with Crippen LogP contribution in [0.2, 0.25) is 0 Å². The van der Waals surface area contributed by atoms with E-state index >= 15 is 0 Å². The van der Waals surface area contributed by atoms with Crippen LogP contribution >= 0.6 is 0 Å². The summed E-state index contributed by atoms with van der Waals surface area (Å²) in [6, 6.07) is 5.09. The predicted octanol–water partition coefficient (Wildman–Crippen LogP) is 0.0698. The van der Waals surface area contributed by atoms with Crippen molar-refractivity contribution in [2.24, 2.45) is 5.73 Å². The van der Waals surface area contributed by atoms with Crippen LogP contribution in [-0.2, 0) is 29.2 Å². The number of fused-ring (bicyclic) bond motifs is 1. The number of rotatable bonds is 7. The number of methoxy groups -OCH3 is 2. The highest BCUT2D eigenvalue weighted by atomic mass is 16.9. The Morgan fingerprint density at radius 1 is 1.19 bits per heavy atom. The fourth-order valence-electron chi connectivity index (χ4n) is 2.40. The van der Waals surface area contributed by atoms with Crippen molar-refractivity contribution < 1.29 is 38.4 Å². The van der Waals surface area contributed by atoms with Gasteiger partial charge in [0.1, 0.15) is 0 Å². The second kappa shape index (κ2) is 7.90. The lowest BCUT2D eigenvalue weighted by Gasteiger charge is -2.30. The number of ether oxygens (including phenoxy) is 5. The largest absolute Gasteiger partial charge is 0.467 e. The molecule has 26 heavy (non-hydrogen) atoms. The van der Waals surface area contributed by atoms with Crippen molar-refractivity contribution in [3.8, 4) is 11.5 Å². The molecule has 2 atom stereocenters. The molecule has 2 unspecified atom stereocenters. The van der Waals surface area contributed by atoms with Crippen molar-refractivity contribution in [1.29, 1.82) is 0 Å². The minimum absolute atomic E-state index is 0.104. The Hall–Kier alpha value is -2.36. The van der Waals surface area contributed by atoms with E-state index in [0.29, 0.717) is 11.5 Å². The molecule has 9 nitrogen and oxygen atoms in total. The zero-order valence-electron chi connectivity index (χ0n) is 15.1. The van der Waals surface area contributed by atoms with Crippen LogP contribution in [0.1, 0.15) is 19.4 Å². The maximum atomic E-state index is 11.7. The molecule has 3 N–H and O–H groups in total. The number of esters is 2. The maximum Gasteiger partial charge on any atom is 0.362 e. The Kier molecular flexibility index (Phi) is 6.06. The first-order valence-electron chi connectivity index (χ1n) is 7.91. The molecule has 0 saturated carbocycles. The molecule has 2 rings (SSSR count). The van der Waals surface area contributed by atoms with Gasteiger partial charge in [-0.1, -0.05) is 19.9 Å². The predicted molar refractivity (Wildman–Crippen MR) is 88.5 cm³/mol. The summed E-state index contributed by atoms with van der Waals surface area (Å²) >= 11 is 0. The molecule has 9 heteroatoms. The van der Waals surface area contributed by atoms with E-state index in [0.717, 1.165) is 19.8 Å². The molecule has 0 aromatic heterocycles. The van der Waals surface area contributed by atoms with Crippen LogP contribution in [0.15, 0.2) is 18.2 Å². The van der Waals surface area contributed by atoms with Crippen LogP contribution in [0, 0.1) is 0 Å². The second-order valence-corrected chi connectivity index (χ2v) is 6.22. The third-order valence-corrected chi connectivity index (χ3v) is 4.27. The first-order valence-corrected chi connectivity index (χ1v) is 7.91. The number of nitrogens with two attached hydrogens (primary N) is 1. The van der Waals surface area contributed by atoms with Gasteiger partial charge >= 0.3 is 18.4 Å². The third-order valence-electron chi connectivity index (χ3n) is 4.27. The van der Waals surface area contributed by atoms with Crippen LogP contribution < -0.4 is 15.2 Å². The van der Waals surface area contributed by atoms with Gasteiger partial charge in [0.05, 0.1) is 20.3 Å². The van der Waals surface area contributed by atoms with Gasteiger partial charge in [-0.25, -0.2) is 9.59 Å². The molecule has 0 amide bonds. The molecule has 1 aliphatic heterocycles. The highest BCUT2D eigenvalue weighted by Gasteiger charge is 2.38. The summed E-state index contributed by atoms with van der Waals surface area (Å²) in [4.78, 5) is 23.3. The van der Waals surface area contributed by atoms with Crippen LogP contribution in [-0.4, -0.2) is 56.5 Å². The maximum absolute atomic E-state index is 11.7. The molecular weight excluding hydrogens is 346 g/mol. The lowest BCUT2D eigenvalue weighted by atomic mass is 9.79. The van der Waals surface area contributed by atoms with Crippen molar-refractivity contribution >= 4 is 11.9 Å². The summed E-state index contributed by atoms with van der Waals surface area (Å²) in [5, 5.41) is 10.1. The lowest BCUT2D eigenvalue weighted by molar-refractivity contribution is -0.221. The minimum Gasteiger partial charge on any atom is -0.467 e. The highest BCUT2D eigenvalue weighted by Crippen LogP contribution is 2.39. The molecule has 1 aliphatic rings. The van der Waals surface area contributed by atoms with E-state index in [2.05, 4.69) is 9.47 Å². The summed E-state index contributed by atoms with van der Waals surface area (Å²) in [5.41, 5.74) is 5.71. The van der Waals surface area contributed by atoms with E-state index in [4.69, 9.17) is 19.9 Å². The van der Waals surface area contributed by atoms with Gasteiger partial charge in [-0.3, -0.25) is 4.74 Å². The smallest absolute Gasteiger partial charge is 0.362 e. The normalized spacial score (nSPS) is 17.1. The summed E-state index contributed by atoms with van der Waals surface area (Å²) in [7, 11) is 2.23. The molecule has 1 heterocycles. The van der Waals surface area contributed by atoms with Crippen molar-refractivity contribution in [3.05, 3.63) is 23.8 Å². The SMILES string of the molecule is COC(=O)C(OC1Oc2ccc(C(C)(C)C(O)CN)cc2O1)C(=O)OC. The number of carbonyl (C=O) groups excluding carboxylic acids is 2. The molecule has 1 aromatic carbocycles. The summed E-state index contributed by atoms with van der Waals surface area (Å²) in [5.74, 6) is -1.16. The van der Waals surface area contributed by atoms with Crippen molar-refractivity contribution in [2.45, 2.75) is 37.9 Å². The average molecular weight is 369 g/mol. The number of benzene rings is 1. The first kappa shape index (κ1) is 20.0. The van der Waals surface area contributed by atoms with Gasteiger partial charge in [0.2, 0.25) is 0 Å². The van der Waals surface area contributed by atoms with E-state index in [-0.39, 0.29) is 6.54 Å². The van der Waals surface area contributed by atoms with E-state index in [1.165, 1.54) is 0 Å². The Labute approximate surface area is 150 Å². The molecule has 0 saturated heterocycles. The zero-order chi connectivity index (χ0) is 19.5. The van der Waals surface area contributed by atoms with Gasteiger partial charge < -0.3 is 29.8 Å². The molecule has 0 spiro atoms. The van der Waals surface area contributed by atoms with Gasteiger partial charge in [-0.2, -0.15) is 0 Å². The van der Waals surface area contributed by atoms with Crippen molar-refractivity contribution in [2.75, 3.05) is 20.8 Å². The Morgan fingerprint density at radius 3 is 2.31 bits per heavy atom. The van der Waals surface area contributed by atoms with Gasteiger partial charge in [0.25, 0.3) is 6.10 Å². The van der Waals surface area contributed by atoms with E-state index in [1.54, 1.807) is 18.2 Å². The van der Waals surface area contributed by atoms with Gasteiger partial charge in [-0.15, -0.1) is 0 Å². The van der Waals surface area contributed by atoms with E-state index < -0.39 is 36.0 Å². The number of aliphatic hydroxyl groups excluding tert-OH is 1. The van der Waals surface area contributed by atoms with E-state index in [9.17, 15) is 14.7 Å². The lowest BCUT2D eigenvalue weighted by Crippen LogP contribution is -2.40. The van der Waals surface area contributed by atoms with Crippen LogP contribution in [0.25, 0.3) is 0 Å². The fourth-order valence-corrected chi connectivity index (χ4v) is 2.40. The number of carbonyl (C=O) groups is 2. The molecule has 1 aromatic rings. The quantitative estimate of drug-likeness (QED) is 0.507. The van der Waals surface area contributed by atoms with Crippen molar-refractivity contribution in [1.82, 2.24) is 0 Å². The molecule has 0 bridgehead atoms. The molecule has 0 fully saturated rings. The summed E-state index contributed by atoms with van der Waals surface area (Å²) in [6.45, 7) is 2.47. The second-order valence-electron chi connectivity index (χ2n) is 6.22. The molecule has 0 radical (unpaired) electrons. The van der Waals surface area contributed by atoms with Crippen LogP contribution in [0.4, 0.5) is 0 Å². The van der Waals surface area contributed by atoms with Gasteiger partial charge in [0.15, 0.2) is 11.5 Å². The van der Waals surface area contributed by atoms with Gasteiger partial charge in [0, 0.05) is 12.0 Å². The Bertz CT molecular complexity index is 659. The average Bonchev–Trinajstić information content (AvgIpc) is 3.05. The molecule has 0 aliphatic carbocycles.